The Balaban J connectivity index is 2.05. The first-order valence-corrected chi connectivity index (χ1v) is 12.6. The Morgan fingerprint density at radius 1 is 0.441 bits per heavy atom. The second kappa shape index (κ2) is 11.4. The van der Waals surface area contributed by atoms with E-state index in [1.54, 1.807) is 0 Å². The van der Waals surface area contributed by atoms with Gasteiger partial charge in [0.1, 0.15) is 0 Å². The van der Waals surface area contributed by atoms with E-state index in [0.717, 1.165) is 22.5 Å². The third kappa shape index (κ3) is 5.91. The van der Waals surface area contributed by atoms with Gasteiger partial charge in [0.2, 0.25) is 0 Å². The van der Waals surface area contributed by atoms with Gasteiger partial charge < -0.3 is 0 Å². The largest absolute Gasteiger partial charge is 0.256 e. The van der Waals surface area contributed by atoms with Crippen molar-refractivity contribution in [3.05, 3.63) is 94.0 Å². The van der Waals surface area contributed by atoms with Crippen LogP contribution in [0.1, 0.15) is 112 Å². The van der Waals surface area contributed by atoms with Gasteiger partial charge in [0, 0.05) is 23.6 Å². The molecule has 3 rings (SSSR count). The summed E-state index contributed by atoms with van der Waals surface area (Å²) in [6, 6.07) is 21.5. The predicted octanol–water partition coefficient (Wildman–Crippen LogP) is 9.68. The Labute approximate surface area is 206 Å². The van der Waals surface area contributed by atoms with Gasteiger partial charge in [-0.2, -0.15) is 0 Å². The van der Waals surface area contributed by atoms with E-state index in [-0.39, 0.29) is 0 Å². The molecule has 0 saturated heterocycles. The van der Waals surface area contributed by atoms with Gasteiger partial charge in [0.15, 0.2) is 0 Å². The molecule has 0 aliphatic rings. The molecule has 2 nitrogen and oxygen atoms in total. The Kier molecular flexibility index (Phi) is 8.61. The summed E-state index contributed by atoms with van der Waals surface area (Å²) in [6.07, 6.45) is 4.01. The molecule has 0 saturated carbocycles. The van der Waals surface area contributed by atoms with E-state index in [1.165, 1.54) is 22.3 Å². The first-order chi connectivity index (χ1) is 16.2. The molecule has 0 bridgehead atoms. The smallest absolute Gasteiger partial charge is 0.0699 e. The topological polar surface area (TPSA) is 24.7 Å². The molecule has 0 aliphatic carbocycles. The lowest BCUT2D eigenvalue weighted by molar-refractivity contribution is 0.834. The third-order valence-corrected chi connectivity index (χ3v) is 6.35. The molecule has 0 aromatic heterocycles. The Bertz CT molecular complexity index is 1020. The maximum Gasteiger partial charge on any atom is 0.0699 e. The first-order valence-electron chi connectivity index (χ1n) is 12.6. The van der Waals surface area contributed by atoms with Crippen LogP contribution in [0.3, 0.4) is 0 Å². The molecule has 0 amide bonds. The monoisotopic (exact) mass is 452 g/mol. The van der Waals surface area contributed by atoms with Crippen molar-refractivity contribution in [2.75, 3.05) is 0 Å². The van der Waals surface area contributed by atoms with Crippen molar-refractivity contribution in [2.45, 2.75) is 79.1 Å². The molecule has 0 unspecified atom stereocenters. The summed E-state index contributed by atoms with van der Waals surface area (Å²) >= 11 is 0. The molecule has 0 radical (unpaired) electrons. The van der Waals surface area contributed by atoms with Crippen LogP contribution in [-0.4, -0.2) is 12.4 Å². The van der Waals surface area contributed by atoms with E-state index in [0.29, 0.717) is 23.7 Å². The Morgan fingerprint density at radius 3 is 1.00 bits per heavy atom. The number of rotatable bonds is 8. The highest BCUT2D eigenvalue weighted by Gasteiger charge is 2.14. The second-order valence-corrected chi connectivity index (χ2v) is 10.3. The predicted molar refractivity (Wildman–Crippen MR) is 150 cm³/mol. The maximum atomic E-state index is 5.04. The van der Waals surface area contributed by atoms with Crippen molar-refractivity contribution < 1.29 is 0 Å². The molecule has 0 heterocycles. The lowest BCUT2D eigenvalue weighted by atomic mass is 9.93. The normalized spacial score (nSPS) is 12.4. The minimum absolute atomic E-state index is 0.421. The zero-order valence-electron chi connectivity index (χ0n) is 22.1. The number of hydrogen-bond acceptors (Lipinski definition) is 2. The second-order valence-electron chi connectivity index (χ2n) is 10.3. The Morgan fingerprint density at radius 2 is 0.735 bits per heavy atom. The SMILES string of the molecule is CC(C)c1cccc(C(C)C)c1N=Cc1ccccc1C=Nc1c(C(C)C)cccc1C(C)C. The molecular weight excluding hydrogens is 412 g/mol. The van der Waals surface area contributed by atoms with E-state index in [9.17, 15) is 0 Å². The van der Waals surface area contributed by atoms with Gasteiger partial charge in [-0.15, -0.1) is 0 Å². The molecule has 0 atom stereocenters. The minimum atomic E-state index is 0.421. The number of benzene rings is 3. The quantitative estimate of drug-likeness (QED) is 0.304. The molecule has 0 N–H and O–H groups in total. The summed E-state index contributed by atoms with van der Waals surface area (Å²) in [7, 11) is 0. The fourth-order valence-corrected chi connectivity index (χ4v) is 4.34. The van der Waals surface area contributed by atoms with E-state index in [1.807, 2.05) is 12.4 Å². The summed E-state index contributed by atoms with van der Waals surface area (Å²) in [5, 5.41) is 0. The van der Waals surface area contributed by atoms with Crippen molar-refractivity contribution in [2.24, 2.45) is 9.98 Å². The van der Waals surface area contributed by atoms with Gasteiger partial charge >= 0.3 is 0 Å². The van der Waals surface area contributed by atoms with Gasteiger partial charge in [0.25, 0.3) is 0 Å². The van der Waals surface area contributed by atoms with Crippen LogP contribution in [0.4, 0.5) is 11.4 Å². The summed E-state index contributed by atoms with van der Waals surface area (Å²) < 4.78 is 0. The van der Waals surface area contributed by atoms with Crippen molar-refractivity contribution in [3.63, 3.8) is 0 Å². The van der Waals surface area contributed by atoms with Gasteiger partial charge in [-0.1, -0.05) is 116 Å². The highest BCUT2D eigenvalue weighted by atomic mass is 14.7. The molecule has 0 aliphatic heterocycles. The Hall–Kier alpha value is -3.00. The first kappa shape index (κ1) is 25.6. The van der Waals surface area contributed by atoms with Crippen LogP contribution in [-0.2, 0) is 0 Å². The summed E-state index contributed by atoms with van der Waals surface area (Å²) in [5.41, 5.74) is 9.53. The van der Waals surface area contributed by atoms with Crippen LogP contribution in [0.25, 0.3) is 0 Å². The summed E-state index contributed by atoms with van der Waals surface area (Å²) in [6.45, 7) is 17.9. The zero-order chi connectivity index (χ0) is 24.8. The van der Waals surface area contributed by atoms with E-state index in [2.05, 4.69) is 116 Å². The lowest BCUT2D eigenvalue weighted by Crippen LogP contribution is -1.98. The van der Waals surface area contributed by atoms with Crippen LogP contribution in [0.5, 0.6) is 0 Å². The van der Waals surface area contributed by atoms with Crippen LogP contribution in [0.15, 0.2) is 70.6 Å². The number of para-hydroxylation sites is 2. The standard InChI is InChI=1S/C32H40N2/c1-21(2)27-15-11-16-28(22(3)4)31(27)33-19-25-13-9-10-14-26(25)20-34-32-29(23(5)6)17-12-18-30(32)24(7)8/h9-24H,1-8H3. The maximum absolute atomic E-state index is 5.04. The average molecular weight is 453 g/mol. The fraction of sp³-hybridized carbons (Fsp3) is 0.375. The number of nitrogens with zero attached hydrogens (tertiary/aromatic N) is 2. The van der Waals surface area contributed by atoms with Gasteiger partial charge in [-0.05, 0) is 45.9 Å². The molecule has 178 valence electrons. The van der Waals surface area contributed by atoms with E-state index >= 15 is 0 Å². The van der Waals surface area contributed by atoms with Crippen LogP contribution in [0, 0.1) is 0 Å². The molecule has 0 fully saturated rings. The number of hydrogen-bond donors (Lipinski definition) is 0. The van der Waals surface area contributed by atoms with Crippen LogP contribution in [0.2, 0.25) is 0 Å². The molecule has 0 spiro atoms. The molecule has 3 aromatic rings. The summed E-state index contributed by atoms with van der Waals surface area (Å²) in [5.74, 6) is 1.68. The summed E-state index contributed by atoms with van der Waals surface area (Å²) in [4.78, 5) is 10.1. The van der Waals surface area contributed by atoms with E-state index < -0.39 is 0 Å². The van der Waals surface area contributed by atoms with Crippen molar-refractivity contribution in [1.29, 1.82) is 0 Å². The average Bonchev–Trinajstić information content (AvgIpc) is 2.81. The minimum Gasteiger partial charge on any atom is -0.256 e. The van der Waals surface area contributed by atoms with Crippen molar-refractivity contribution >= 4 is 23.8 Å². The van der Waals surface area contributed by atoms with Crippen LogP contribution < -0.4 is 0 Å². The van der Waals surface area contributed by atoms with Crippen molar-refractivity contribution in [1.82, 2.24) is 0 Å². The highest BCUT2D eigenvalue weighted by Crippen LogP contribution is 2.36. The van der Waals surface area contributed by atoms with Gasteiger partial charge in [-0.3, -0.25) is 9.98 Å². The third-order valence-electron chi connectivity index (χ3n) is 6.35. The molecule has 2 heteroatoms. The van der Waals surface area contributed by atoms with Gasteiger partial charge in [-0.25, -0.2) is 0 Å². The zero-order valence-corrected chi connectivity index (χ0v) is 22.1. The van der Waals surface area contributed by atoms with E-state index in [4.69, 9.17) is 9.98 Å². The van der Waals surface area contributed by atoms with Crippen molar-refractivity contribution in [3.8, 4) is 0 Å². The molecular formula is C32H40N2. The fourth-order valence-electron chi connectivity index (χ4n) is 4.34. The molecule has 3 aromatic carbocycles. The molecule has 34 heavy (non-hydrogen) atoms. The van der Waals surface area contributed by atoms with Gasteiger partial charge in [0.05, 0.1) is 11.4 Å². The van der Waals surface area contributed by atoms with Crippen LogP contribution >= 0.6 is 0 Å². The lowest BCUT2D eigenvalue weighted by Gasteiger charge is -2.16. The highest BCUT2D eigenvalue weighted by molar-refractivity contribution is 5.96. The number of aliphatic imine (C=N–C) groups is 2.